The maximum absolute atomic E-state index is 13.9. The Morgan fingerprint density at radius 1 is 0.952 bits per heavy atom. The molecule has 1 aromatic carbocycles. The first-order chi connectivity index (χ1) is 10.1. The van der Waals surface area contributed by atoms with Crippen LogP contribution in [0.5, 0.6) is 0 Å². The first-order valence-electron chi connectivity index (χ1n) is 5.97. The van der Waals surface area contributed by atoms with Gasteiger partial charge in [-0.15, -0.1) is 0 Å². The fourth-order valence-corrected chi connectivity index (χ4v) is 2.08. The summed E-state index contributed by atoms with van der Waals surface area (Å²) in [6, 6.07) is 5.29. The summed E-state index contributed by atoms with van der Waals surface area (Å²) in [5.74, 6) is -3.97. The molecule has 0 radical (unpaired) electrons. The summed E-state index contributed by atoms with van der Waals surface area (Å²) in [5, 5.41) is 6.36. The third-order valence-corrected chi connectivity index (χ3v) is 3.07. The summed E-state index contributed by atoms with van der Waals surface area (Å²) in [5.41, 5.74) is 6.84. The van der Waals surface area contributed by atoms with Gasteiger partial charge in [0.25, 0.3) is 0 Å². The van der Waals surface area contributed by atoms with Crippen molar-refractivity contribution < 1.29 is 13.2 Å². The van der Waals surface area contributed by atoms with Crippen molar-refractivity contribution in [2.75, 3.05) is 5.73 Å². The minimum absolute atomic E-state index is 0.125. The van der Waals surface area contributed by atoms with Crippen molar-refractivity contribution in [3.05, 3.63) is 54.1 Å². The van der Waals surface area contributed by atoms with E-state index in [0.29, 0.717) is 11.1 Å². The SMILES string of the molecule is Nc1n[nH]c(-c2ccc(F)c(F)c2F)c1-c1ccncc1. The Labute approximate surface area is 117 Å². The fourth-order valence-electron chi connectivity index (χ4n) is 2.08. The number of anilines is 1. The lowest BCUT2D eigenvalue weighted by atomic mass is 10.0. The Morgan fingerprint density at radius 2 is 1.67 bits per heavy atom. The molecule has 0 fully saturated rings. The van der Waals surface area contributed by atoms with E-state index in [2.05, 4.69) is 15.2 Å². The molecule has 2 heterocycles. The Morgan fingerprint density at radius 3 is 2.38 bits per heavy atom. The lowest BCUT2D eigenvalue weighted by Gasteiger charge is -2.06. The highest BCUT2D eigenvalue weighted by Crippen LogP contribution is 2.36. The zero-order valence-electron chi connectivity index (χ0n) is 10.6. The molecule has 0 bridgehead atoms. The molecule has 0 spiro atoms. The summed E-state index contributed by atoms with van der Waals surface area (Å²) in [4.78, 5) is 3.88. The average Bonchev–Trinajstić information content (AvgIpc) is 2.87. The molecule has 0 saturated heterocycles. The molecule has 3 N–H and O–H groups in total. The molecule has 0 aliphatic carbocycles. The van der Waals surface area contributed by atoms with Crippen LogP contribution in [0.15, 0.2) is 36.7 Å². The van der Waals surface area contributed by atoms with Gasteiger partial charge in [-0.3, -0.25) is 10.1 Å². The van der Waals surface area contributed by atoms with Gasteiger partial charge in [-0.1, -0.05) is 0 Å². The number of nitrogens with two attached hydrogens (primary N) is 1. The highest BCUT2D eigenvalue weighted by atomic mass is 19.2. The van der Waals surface area contributed by atoms with E-state index in [-0.39, 0.29) is 17.1 Å². The largest absolute Gasteiger partial charge is 0.382 e. The van der Waals surface area contributed by atoms with E-state index in [1.807, 2.05) is 0 Å². The number of nitrogens with zero attached hydrogens (tertiary/aromatic N) is 2. The Hall–Kier alpha value is -2.83. The predicted molar refractivity (Wildman–Crippen MR) is 71.5 cm³/mol. The van der Waals surface area contributed by atoms with Gasteiger partial charge in [0.05, 0.1) is 11.3 Å². The summed E-state index contributed by atoms with van der Waals surface area (Å²) < 4.78 is 40.4. The van der Waals surface area contributed by atoms with Gasteiger partial charge in [-0.05, 0) is 29.8 Å². The van der Waals surface area contributed by atoms with Gasteiger partial charge in [0, 0.05) is 18.0 Å². The smallest absolute Gasteiger partial charge is 0.195 e. The van der Waals surface area contributed by atoms with E-state index in [1.54, 1.807) is 12.1 Å². The van der Waals surface area contributed by atoms with Crippen LogP contribution in [0.4, 0.5) is 19.0 Å². The highest BCUT2D eigenvalue weighted by Gasteiger charge is 2.21. The Balaban J connectivity index is 2.24. The molecule has 2 aromatic heterocycles. The molecule has 4 nitrogen and oxygen atoms in total. The Kier molecular flexibility index (Phi) is 3.09. The minimum atomic E-state index is -1.54. The minimum Gasteiger partial charge on any atom is -0.382 e. The van der Waals surface area contributed by atoms with Crippen molar-refractivity contribution in [3.63, 3.8) is 0 Å². The third-order valence-electron chi connectivity index (χ3n) is 3.07. The quantitative estimate of drug-likeness (QED) is 0.712. The maximum Gasteiger partial charge on any atom is 0.195 e. The number of hydrogen-bond acceptors (Lipinski definition) is 3. The zero-order chi connectivity index (χ0) is 15.0. The monoisotopic (exact) mass is 290 g/mol. The fraction of sp³-hybridized carbons (Fsp3) is 0. The number of rotatable bonds is 2. The summed E-state index contributed by atoms with van der Waals surface area (Å²) >= 11 is 0. The van der Waals surface area contributed by atoms with Crippen molar-refractivity contribution >= 4 is 5.82 Å². The van der Waals surface area contributed by atoms with Crippen molar-refractivity contribution in [1.29, 1.82) is 0 Å². The van der Waals surface area contributed by atoms with E-state index in [0.717, 1.165) is 12.1 Å². The van der Waals surface area contributed by atoms with Crippen LogP contribution in [-0.2, 0) is 0 Å². The summed E-state index contributed by atoms with van der Waals surface area (Å²) in [6.45, 7) is 0. The lowest BCUT2D eigenvalue weighted by molar-refractivity contribution is 0.449. The zero-order valence-corrected chi connectivity index (χ0v) is 10.6. The van der Waals surface area contributed by atoms with Crippen LogP contribution in [0.2, 0.25) is 0 Å². The Bertz CT molecular complexity index is 799. The summed E-state index contributed by atoms with van der Waals surface area (Å²) in [7, 11) is 0. The molecule has 0 aliphatic heterocycles. The van der Waals surface area contributed by atoms with Crippen LogP contribution in [0.25, 0.3) is 22.4 Å². The molecule has 0 atom stereocenters. The van der Waals surface area contributed by atoms with Crippen LogP contribution >= 0.6 is 0 Å². The van der Waals surface area contributed by atoms with E-state index in [9.17, 15) is 13.2 Å². The molecular formula is C14H9F3N4. The van der Waals surface area contributed by atoms with Crippen LogP contribution < -0.4 is 5.73 Å². The van der Waals surface area contributed by atoms with E-state index >= 15 is 0 Å². The topological polar surface area (TPSA) is 67.6 Å². The van der Waals surface area contributed by atoms with E-state index in [4.69, 9.17) is 5.73 Å². The predicted octanol–water partition coefficient (Wildman–Crippen LogP) is 3.14. The first-order valence-corrected chi connectivity index (χ1v) is 5.97. The van der Waals surface area contributed by atoms with Gasteiger partial charge < -0.3 is 5.73 Å². The summed E-state index contributed by atoms with van der Waals surface area (Å²) in [6.07, 6.45) is 3.07. The van der Waals surface area contributed by atoms with Gasteiger partial charge in [0.1, 0.15) is 0 Å². The molecule has 21 heavy (non-hydrogen) atoms. The number of H-pyrrole nitrogens is 1. The molecule has 0 amide bonds. The van der Waals surface area contributed by atoms with Crippen LogP contribution in [0, 0.1) is 17.5 Å². The van der Waals surface area contributed by atoms with Crippen molar-refractivity contribution in [2.24, 2.45) is 0 Å². The lowest BCUT2D eigenvalue weighted by Crippen LogP contribution is -1.95. The maximum atomic E-state index is 13.9. The number of halogens is 3. The number of nitrogens with one attached hydrogen (secondary N) is 1. The van der Waals surface area contributed by atoms with Crippen LogP contribution in [0.3, 0.4) is 0 Å². The molecular weight excluding hydrogens is 281 g/mol. The van der Waals surface area contributed by atoms with Gasteiger partial charge >= 0.3 is 0 Å². The van der Waals surface area contributed by atoms with Gasteiger partial charge in [-0.2, -0.15) is 5.10 Å². The molecule has 0 unspecified atom stereocenters. The number of aromatic nitrogens is 3. The van der Waals surface area contributed by atoms with Crippen molar-refractivity contribution in [2.45, 2.75) is 0 Å². The highest BCUT2D eigenvalue weighted by molar-refractivity contribution is 5.87. The average molecular weight is 290 g/mol. The molecule has 7 heteroatoms. The van der Waals surface area contributed by atoms with E-state index < -0.39 is 17.5 Å². The van der Waals surface area contributed by atoms with Gasteiger partial charge in [-0.25, -0.2) is 13.2 Å². The van der Waals surface area contributed by atoms with Crippen LogP contribution in [0.1, 0.15) is 0 Å². The van der Waals surface area contributed by atoms with Crippen LogP contribution in [-0.4, -0.2) is 15.2 Å². The number of benzene rings is 1. The molecule has 3 aromatic rings. The normalized spacial score (nSPS) is 10.8. The first kappa shape index (κ1) is 13.2. The second kappa shape index (κ2) is 4.93. The number of nitrogen functional groups attached to an aromatic ring is 1. The van der Waals surface area contributed by atoms with Gasteiger partial charge in [0.2, 0.25) is 0 Å². The number of hydrogen-bond donors (Lipinski definition) is 2. The van der Waals surface area contributed by atoms with Gasteiger partial charge in [0.15, 0.2) is 23.3 Å². The van der Waals surface area contributed by atoms with Crippen molar-refractivity contribution in [1.82, 2.24) is 15.2 Å². The second-order valence-corrected chi connectivity index (χ2v) is 4.32. The molecule has 0 aliphatic rings. The number of pyridine rings is 1. The molecule has 106 valence electrons. The number of aromatic amines is 1. The molecule has 0 saturated carbocycles. The third kappa shape index (κ3) is 2.12. The second-order valence-electron chi connectivity index (χ2n) is 4.32. The standard InChI is InChI=1S/C14H9F3N4/c15-9-2-1-8(11(16)12(9)17)13-10(14(18)21-20-13)7-3-5-19-6-4-7/h1-6H,(H3,18,20,21). The van der Waals surface area contributed by atoms with E-state index in [1.165, 1.54) is 12.4 Å². The molecule has 3 rings (SSSR count). The van der Waals surface area contributed by atoms with Crippen molar-refractivity contribution in [3.8, 4) is 22.4 Å².